The lowest BCUT2D eigenvalue weighted by molar-refractivity contribution is 0.226. The molecule has 0 heterocycles. The third kappa shape index (κ3) is 1.81. The standard InChI is InChI=1S/C13H11F2N/c1-16-12(13(14)15)11-8-4-6-9-5-2-3-7-10(9)11/h2-8,13H,1H3. The van der Waals surface area contributed by atoms with Crippen LogP contribution in [0.3, 0.4) is 0 Å². The van der Waals surface area contributed by atoms with Gasteiger partial charge < -0.3 is 0 Å². The van der Waals surface area contributed by atoms with Gasteiger partial charge in [-0.3, -0.25) is 4.99 Å². The van der Waals surface area contributed by atoms with E-state index in [0.29, 0.717) is 5.56 Å². The molecule has 0 aromatic heterocycles. The second-order valence-corrected chi connectivity index (χ2v) is 3.44. The van der Waals surface area contributed by atoms with Crippen LogP contribution in [0, 0.1) is 0 Å². The third-order valence-electron chi connectivity index (χ3n) is 2.51. The number of hydrogen-bond acceptors (Lipinski definition) is 1. The predicted octanol–water partition coefficient (Wildman–Crippen LogP) is 3.52. The molecule has 1 nitrogen and oxygen atoms in total. The largest absolute Gasteiger partial charge is 0.286 e. The van der Waals surface area contributed by atoms with Gasteiger partial charge in [0, 0.05) is 12.6 Å². The van der Waals surface area contributed by atoms with E-state index in [4.69, 9.17) is 0 Å². The van der Waals surface area contributed by atoms with Gasteiger partial charge in [0.1, 0.15) is 5.71 Å². The average Bonchev–Trinajstić information content (AvgIpc) is 2.30. The normalized spacial score (nSPS) is 12.4. The highest BCUT2D eigenvalue weighted by molar-refractivity contribution is 6.12. The lowest BCUT2D eigenvalue weighted by atomic mass is 10.0. The molecule has 0 atom stereocenters. The van der Waals surface area contributed by atoms with Gasteiger partial charge in [0.2, 0.25) is 0 Å². The Morgan fingerprint density at radius 1 is 1.06 bits per heavy atom. The minimum absolute atomic E-state index is 0.156. The lowest BCUT2D eigenvalue weighted by Gasteiger charge is -2.08. The second-order valence-electron chi connectivity index (χ2n) is 3.44. The zero-order valence-corrected chi connectivity index (χ0v) is 8.82. The first-order valence-corrected chi connectivity index (χ1v) is 4.97. The lowest BCUT2D eigenvalue weighted by Crippen LogP contribution is -2.12. The summed E-state index contributed by atoms with van der Waals surface area (Å²) in [7, 11) is 1.39. The van der Waals surface area contributed by atoms with Crippen LogP contribution in [0.1, 0.15) is 5.56 Å². The number of aliphatic imine (C=N–C) groups is 1. The van der Waals surface area contributed by atoms with E-state index in [0.717, 1.165) is 10.8 Å². The van der Waals surface area contributed by atoms with Crippen LogP contribution in [0.5, 0.6) is 0 Å². The first-order chi connectivity index (χ1) is 7.74. The highest BCUT2D eigenvalue weighted by atomic mass is 19.3. The maximum atomic E-state index is 12.8. The zero-order chi connectivity index (χ0) is 11.5. The van der Waals surface area contributed by atoms with E-state index in [1.165, 1.54) is 7.05 Å². The summed E-state index contributed by atoms with van der Waals surface area (Å²) in [6.07, 6.45) is -2.55. The minimum Gasteiger partial charge on any atom is -0.286 e. The van der Waals surface area contributed by atoms with Gasteiger partial charge in [-0.1, -0.05) is 42.5 Å². The van der Waals surface area contributed by atoms with Gasteiger partial charge in [-0.15, -0.1) is 0 Å². The van der Waals surface area contributed by atoms with E-state index >= 15 is 0 Å². The van der Waals surface area contributed by atoms with Crippen molar-refractivity contribution in [3.63, 3.8) is 0 Å². The highest BCUT2D eigenvalue weighted by Gasteiger charge is 2.16. The molecular weight excluding hydrogens is 208 g/mol. The molecule has 0 aliphatic rings. The van der Waals surface area contributed by atoms with Crippen LogP contribution in [0.25, 0.3) is 10.8 Å². The molecule has 0 amide bonds. The van der Waals surface area contributed by atoms with Crippen molar-refractivity contribution < 1.29 is 8.78 Å². The van der Waals surface area contributed by atoms with Gasteiger partial charge in [0.25, 0.3) is 6.43 Å². The predicted molar refractivity (Wildman–Crippen MR) is 62.4 cm³/mol. The number of halogens is 2. The molecule has 2 rings (SSSR count). The smallest absolute Gasteiger partial charge is 0.280 e. The summed E-state index contributed by atoms with van der Waals surface area (Å²) < 4.78 is 25.6. The molecular formula is C13H11F2N. The summed E-state index contributed by atoms with van der Waals surface area (Å²) in [5.41, 5.74) is 0.354. The van der Waals surface area contributed by atoms with Gasteiger partial charge in [0.05, 0.1) is 0 Å². The van der Waals surface area contributed by atoms with Crippen LogP contribution in [0.2, 0.25) is 0 Å². The van der Waals surface area contributed by atoms with Crippen molar-refractivity contribution in [1.29, 1.82) is 0 Å². The van der Waals surface area contributed by atoms with Crippen molar-refractivity contribution in [2.75, 3.05) is 7.05 Å². The first-order valence-electron chi connectivity index (χ1n) is 4.97. The van der Waals surface area contributed by atoms with Crippen LogP contribution in [0.15, 0.2) is 47.5 Å². The molecule has 16 heavy (non-hydrogen) atoms. The van der Waals surface area contributed by atoms with Crippen LogP contribution in [-0.2, 0) is 0 Å². The fourth-order valence-electron chi connectivity index (χ4n) is 1.78. The molecule has 0 saturated carbocycles. The highest BCUT2D eigenvalue weighted by Crippen LogP contribution is 2.21. The minimum atomic E-state index is -2.55. The van der Waals surface area contributed by atoms with Crippen molar-refractivity contribution in [2.24, 2.45) is 4.99 Å². The van der Waals surface area contributed by atoms with Gasteiger partial charge in [-0.05, 0) is 10.8 Å². The monoisotopic (exact) mass is 219 g/mol. The third-order valence-corrected chi connectivity index (χ3v) is 2.51. The van der Waals surface area contributed by atoms with E-state index in [-0.39, 0.29) is 5.71 Å². The van der Waals surface area contributed by atoms with Gasteiger partial charge in [0.15, 0.2) is 0 Å². The van der Waals surface area contributed by atoms with E-state index in [9.17, 15) is 8.78 Å². The van der Waals surface area contributed by atoms with Crippen molar-refractivity contribution in [1.82, 2.24) is 0 Å². The van der Waals surface area contributed by atoms with Crippen molar-refractivity contribution in [3.05, 3.63) is 48.0 Å². The summed E-state index contributed by atoms with van der Waals surface area (Å²) in [5, 5.41) is 1.76. The maximum Gasteiger partial charge on any atom is 0.280 e. The van der Waals surface area contributed by atoms with Gasteiger partial charge in [-0.2, -0.15) is 0 Å². The quantitative estimate of drug-likeness (QED) is 0.685. The molecule has 0 spiro atoms. The maximum absolute atomic E-state index is 12.8. The molecule has 0 bridgehead atoms. The van der Waals surface area contributed by atoms with E-state index in [1.54, 1.807) is 12.1 Å². The Hall–Kier alpha value is -1.77. The van der Waals surface area contributed by atoms with E-state index in [2.05, 4.69) is 4.99 Å². The van der Waals surface area contributed by atoms with Gasteiger partial charge >= 0.3 is 0 Å². The molecule has 82 valence electrons. The van der Waals surface area contributed by atoms with E-state index in [1.807, 2.05) is 30.3 Å². The summed E-state index contributed by atoms with van der Waals surface area (Å²) in [6, 6.07) is 12.8. The van der Waals surface area contributed by atoms with E-state index < -0.39 is 6.43 Å². The Labute approximate surface area is 92.4 Å². The molecule has 0 fully saturated rings. The number of benzene rings is 2. The Morgan fingerprint density at radius 2 is 1.75 bits per heavy atom. The number of nitrogens with zero attached hydrogens (tertiary/aromatic N) is 1. The summed E-state index contributed by atoms with van der Waals surface area (Å²) in [6.45, 7) is 0. The Morgan fingerprint density at radius 3 is 2.44 bits per heavy atom. The number of fused-ring (bicyclic) bond motifs is 1. The molecule has 2 aromatic rings. The Kier molecular flexibility index (Phi) is 2.95. The fourth-order valence-corrected chi connectivity index (χ4v) is 1.78. The SMILES string of the molecule is CN=C(c1cccc2ccccc12)C(F)F. The van der Waals surface area contributed by atoms with Gasteiger partial charge in [-0.25, -0.2) is 8.78 Å². The van der Waals surface area contributed by atoms with Crippen LogP contribution in [0.4, 0.5) is 8.78 Å². The Balaban J connectivity index is 2.69. The number of rotatable bonds is 2. The molecule has 0 radical (unpaired) electrons. The topological polar surface area (TPSA) is 12.4 Å². The molecule has 2 aromatic carbocycles. The van der Waals surface area contributed by atoms with Crippen LogP contribution < -0.4 is 0 Å². The molecule has 3 heteroatoms. The number of alkyl halides is 2. The average molecular weight is 219 g/mol. The van der Waals surface area contributed by atoms with Crippen LogP contribution in [-0.4, -0.2) is 19.2 Å². The molecule has 0 unspecified atom stereocenters. The zero-order valence-electron chi connectivity index (χ0n) is 8.82. The fraction of sp³-hybridized carbons (Fsp3) is 0.154. The van der Waals surface area contributed by atoms with Crippen molar-refractivity contribution in [3.8, 4) is 0 Å². The van der Waals surface area contributed by atoms with Crippen LogP contribution >= 0.6 is 0 Å². The molecule has 0 saturated heterocycles. The second kappa shape index (κ2) is 4.39. The summed E-state index contributed by atoms with van der Waals surface area (Å²) in [4.78, 5) is 3.67. The van der Waals surface area contributed by atoms with Crippen molar-refractivity contribution in [2.45, 2.75) is 6.43 Å². The molecule has 0 aliphatic carbocycles. The Bertz CT molecular complexity index is 527. The van der Waals surface area contributed by atoms with Crippen molar-refractivity contribution >= 4 is 16.5 Å². The first kappa shape index (κ1) is 10.7. The molecule has 0 aliphatic heterocycles. The summed E-state index contributed by atoms with van der Waals surface area (Å²) in [5.74, 6) is 0. The summed E-state index contributed by atoms with van der Waals surface area (Å²) >= 11 is 0. The number of hydrogen-bond donors (Lipinski definition) is 0. The molecule has 0 N–H and O–H groups in total.